The first-order valence-corrected chi connectivity index (χ1v) is 8.03. The molecule has 0 aromatic heterocycles. The van der Waals surface area contributed by atoms with E-state index in [0.717, 1.165) is 36.9 Å². The van der Waals surface area contributed by atoms with Crippen molar-refractivity contribution in [3.05, 3.63) is 29.8 Å². The van der Waals surface area contributed by atoms with Crippen molar-refractivity contribution in [1.29, 1.82) is 0 Å². The molecule has 128 valence electrons. The molecule has 1 fully saturated rings. The zero-order chi connectivity index (χ0) is 15.9. The van der Waals surface area contributed by atoms with Crippen molar-refractivity contribution in [2.75, 3.05) is 18.8 Å². The predicted molar refractivity (Wildman–Crippen MR) is 94.5 cm³/mol. The van der Waals surface area contributed by atoms with Crippen LogP contribution in [-0.4, -0.2) is 35.8 Å². The third-order valence-electron chi connectivity index (χ3n) is 4.12. The predicted octanol–water partition coefficient (Wildman–Crippen LogP) is 2.14. The third kappa shape index (κ3) is 5.43. The Hall–Kier alpha value is -1.75. The lowest BCUT2D eigenvalue weighted by Crippen LogP contribution is -2.52. The van der Waals surface area contributed by atoms with Gasteiger partial charge in [0.1, 0.15) is 6.04 Å². The molecule has 1 aliphatic rings. The fraction of sp³-hybridized carbons (Fsp3) is 0.529. The Balaban J connectivity index is 0.00000264. The Kier molecular flexibility index (Phi) is 7.89. The summed E-state index contributed by atoms with van der Waals surface area (Å²) >= 11 is 0. The largest absolute Gasteiger partial charge is 0.399 e. The van der Waals surface area contributed by atoms with Crippen molar-refractivity contribution in [3.8, 4) is 0 Å². The number of carbonyl (C=O) groups excluding carboxylic acids is 2. The number of hydrogen-bond donors (Lipinski definition) is 2. The van der Waals surface area contributed by atoms with Gasteiger partial charge >= 0.3 is 0 Å². The molecule has 1 aromatic rings. The molecular formula is C17H26ClN3O2. The van der Waals surface area contributed by atoms with Crippen LogP contribution < -0.4 is 11.1 Å². The summed E-state index contributed by atoms with van der Waals surface area (Å²) in [5.74, 6) is 0.0373. The zero-order valence-electron chi connectivity index (χ0n) is 13.6. The van der Waals surface area contributed by atoms with Gasteiger partial charge in [-0.05, 0) is 43.4 Å². The lowest BCUT2D eigenvalue weighted by atomic mass is 10.0. The highest BCUT2D eigenvalue weighted by Gasteiger charge is 2.30. The van der Waals surface area contributed by atoms with E-state index >= 15 is 0 Å². The molecule has 0 bridgehead atoms. The monoisotopic (exact) mass is 339 g/mol. The Labute approximate surface area is 144 Å². The van der Waals surface area contributed by atoms with Gasteiger partial charge in [0.15, 0.2) is 0 Å². The van der Waals surface area contributed by atoms with E-state index in [1.54, 1.807) is 4.90 Å². The minimum atomic E-state index is -0.299. The summed E-state index contributed by atoms with van der Waals surface area (Å²) in [4.78, 5) is 26.0. The summed E-state index contributed by atoms with van der Waals surface area (Å²) in [6, 6.07) is 7.36. The van der Waals surface area contributed by atoms with Crippen LogP contribution in [0.3, 0.4) is 0 Å². The second-order valence-corrected chi connectivity index (χ2v) is 5.73. The average Bonchev–Trinajstić information content (AvgIpc) is 2.56. The minimum Gasteiger partial charge on any atom is -0.399 e. The zero-order valence-corrected chi connectivity index (χ0v) is 14.4. The van der Waals surface area contributed by atoms with Gasteiger partial charge in [-0.15, -0.1) is 12.4 Å². The maximum absolute atomic E-state index is 12.3. The summed E-state index contributed by atoms with van der Waals surface area (Å²) in [7, 11) is 0. The van der Waals surface area contributed by atoms with Gasteiger partial charge in [-0.3, -0.25) is 9.59 Å². The van der Waals surface area contributed by atoms with Crippen LogP contribution in [0.2, 0.25) is 0 Å². The highest BCUT2D eigenvalue weighted by molar-refractivity contribution is 5.87. The molecule has 6 heteroatoms. The summed E-state index contributed by atoms with van der Waals surface area (Å²) in [6.45, 7) is 3.11. The van der Waals surface area contributed by atoms with E-state index in [1.165, 1.54) is 0 Å². The number of rotatable bonds is 5. The fourth-order valence-corrected chi connectivity index (χ4v) is 2.84. The second kappa shape index (κ2) is 9.40. The number of nitrogens with two attached hydrogens (primary N) is 1. The standard InChI is InChI=1S/C17H25N3O2.ClH/c1-2-16(21)20-12-4-3-5-15(20)17(22)19-11-10-13-6-8-14(18)9-7-13;/h6-9,15H,2-5,10-12,18H2,1H3,(H,19,22);1H. The van der Waals surface area contributed by atoms with Gasteiger partial charge in [-0.2, -0.15) is 0 Å². The Morgan fingerprint density at radius 2 is 1.96 bits per heavy atom. The number of hydrogen-bond acceptors (Lipinski definition) is 3. The average molecular weight is 340 g/mol. The summed E-state index contributed by atoms with van der Waals surface area (Å²) < 4.78 is 0. The lowest BCUT2D eigenvalue weighted by Gasteiger charge is -2.34. The molecule has 23 heavy (non-hydrogen) atoms. The molecule has 1 heterocycles. The molecule has 1 aliphatic heterocycles. The normalized spacial score (nSPS) is 17.3. The van der Waals surface area contributed by atoms with Gasteiger partial charge < -0.3 is 16.0 Å². The first kappa shape index (κ1) is 19.3. The molecule has 0 saturated carbocycles. The molecule has 1 aromatic carbocycles. The van der Waals surface area contributed by atoms with Gasteiger partial charge in [-0.1, -0.05) is 19.1 Å². The molecule has 2 amide bonds. The smallest absolute Gasteiger partial charge is 0.242 e. The van der Waals surface area contributed by atoms with E-state index in [-0.39, 0.29) is 30.3 Å². The van der Waals surface area contributed by atoms with E-state index in [4.69, 9.17) is 5.73 Å². The van der Waals surface area contributed by atoms with E-state index < -0.39 is 0 Å². The van der Waals surface area contributed by atoms with Crippen LogP contribution in [0.5, 0.6) is 0 Å². The maximum atomic E-state index is 12.3. The van der Waals surface area contributed by atoms with Crippen molar-refractivity contribution < 1.29 is 9.59 Å². The highest BCUT2D eigenvalue weighted by Crippen LogP contribution is 2.18. The van der Waals surface area contributed by atoms with Crippen LogP contribution in [0.4, 0.5) is 5.69 Å². The molecule has 1 saturated heterocycles. The number of benzene rings is 1. The summed E-state index contributed by atoms with van der Waals surface area (Å²) in [6.07, 6.45) is 3.97. The SMILES string of the molecule is CCC(=O)N1CCCCC1C(=O)NCCc1ccc(N)cc1.Cl. The van der Waals surface area contributed by atoms with Gasteiger partial charge in [0.05, 0.1) is 0 Å². The van der Waals surface area contributed by atoms with Crippen molar-refractivity contribution in [2.24, 2.45) is 0 Å². The molecule has 1 unspecified atom stereocenters. The van der Waals surface area contributed by atoms with Crippen LogP contribution in [-0.2, 0) is 16.0 Å². The van der Waals surface area contributed by atoms with Gasteiger partial charge in [0.2, 0.25) is 11.8 Å². The lowest BCUT2D eigenvalue weighted by molar-refractivity contribution is -0.142. The number of amides is 2. The topological polar surface area (TPSA) is 75.4 Å². The van der Waals surface area contributed by atoms with Crippen molar-refractivity contribution >= 4 is 29.9 Å². The van der Waals surface area contributed by atoms with E-state index in [0.29, 0.717) is 19.5 Å². The van der Waals surface area contributed by atoms with Crippen LogP contribution in [0.1, 0.15) is 38.2 Å². The van der Waals surface area contributed by atoms with Crippen molar-refractivity contribution in [1.82, 2.24) is 10.2 Å². The summed E-state index contributed by atoms with van der Waals surface area (Å²) in [5.41, 5.74) is 7.53. The Morgan fingerprint density at radius 3 is 2.61 bits per heavy atom. The molecule has 3 N–H and O–H groups in total. The number of piperidine rings is 1. The molecular weight excluding hydrogens is 314 g/mol. The molecule has 0 aliphatic carbocycles. The number of anilines is 1. The first-order chi connectivity index (χ1) is 10.6. The molecule has 0 spiro atoms. The van der Waals surface area contributed by atoms with Gasteiger partial charge in [-0.25, -0.2) is 0 Å². The third-order valence-corrected chi connectivity index (χ3v) is 4.12. The number of nitrogens with one attached hydrogen (secondary N) is 1. The van der Waals surface area contributed by atoms with Crippen LogP contribution in [0, 0.1) is 0 Å². The van der Waals surface area contributed by atoms with Crippen molar-refractivity contribution in [3.63, 3.8) is 0 Å². The number of nitrogens with zero attached hydrogens (tertiary/aromatic N) is 1. The van der Waals surface area contributed by atoms with Gasteiger partial charge in [0.25, 0.3) is 0 Å². The maximum Gasteiger partial charge on any atom is 0.242 e. The van der Waals surface area contributed by atoms with Crippen LogP contribution >= 0.6 is 12.4 Å². The van der Waals surface area contributed by atoms with Crippen LogP contribution in [0.15, 0.2) is 24.3 Å². The van der Waals surface area contributed by atoms with Crippen molar-refractivity contribution in [2.45, 2.75) is 45.1 Å². The number of carbonyl (C=O) groups is 2. The number of likely N-dealkylation sites (tertiary alicyclic amines) is 1. The fourth-order valence-electron chi connectivity index (χ4n) is 2.84. The van der Waals surface area contributed by atoms with E-state index in [9.17, 15) is 9.59 Å². The minimum absolute atomic E-state index is 0. The summed E-state index contributed by atoms with van der Waals surface area (Å²) in [5, 5.41) is 2.96. The van der Waals surface area contributed by atoms with Crippen LogP contribution in [0.25, 0.3) is 0 Å². The highest BCUT2D eigenvalue weighted by atomic mass is 35.5. The van der Waals surface area contributed by atoms with Gasteiger partial charge in [0, 0.05) is 25.2 Å². The first-order valence-electron chi connectivity index (χ1n) is 8.03. The number of nitrogen functional groups attached to an aromatic ring is 1. The second-order valence-electron chi connectivity index (χ2n) is 5.73. The van der Waals surface area contributed by atoms with E-state index in [1.807, 2.05) is 31.2 Å². The molecule has 2 rings (SSSR count). The molecule has 5 nitrogen and oxygen atoms in total. The Morgan fingerprint density at radius 1 is 1.26 bits per heavy atom. The van der Waals surface area contributed by atoms with E-state index in [2.05, 4.69) is 5.32 Å². The Bertz CT molecular complexity index is 519. The molecule has 0 radical (unpaired) electrons. The quantitative estimate of drug-likeness (QED) is 0.807. The number of halogens is 1. The molecule has 1 atom stereocenters.